The van der Waals surface area contributed by atoms with E-state index in [0.717, 1.165) is 30.5 Å². The average Bonchev–Trinajstić information content (AvgIpc) is 2.36. The lowest BCUT2D eigenvalue weighted by atomic mass is 9.68. The monoisotopic (exact) mass is 275 g/mol. The molecule has 2 amide bonds. The van der Waals surface area contributed by atoms with Gasteiger partial charge in [0.25, 0.3) is 0 Å². The number of carbonyl (C=O) groups excluding carboxylic acids is 2. The first-order chi connectivity index (χ1) is 9.55. The highest BCUT2D eigenvalue weighted by Crippen LogP contribution is 2.40. The quantitative estimate of drug-likeness (QED) is 0.759. The number of nitrogens with one attached hydrogen (secondary N) is 2. The van der Waals surface area contributed by atoms with Gasteiger partial charge in [0.15, 0.2) is 0 Å². The van der Waals surface area contributed by atoms with Crippen molar-refractivity contribution in [2.45, 2.75) is 32.7 Å². The molecule has 20 heavy (non-hydrogen) atoms. The van der Waals surface area contributed by atoms with Gasteiger partial charge in [-0.2, -0.15) is 0 Å². The van der Waals surface area contributed by atoms with Crippen LogP contribution in [-0.4, -0.2) is 18.4 Å². The lowest BCUT2D eigenvalue weighted by molar-refractivity contribution is -0.135. The van der Waals surface area contributed by atoms with Gasteiger partial charge in [-0.05, 0) is 30.5 Å². The largest absolute Gasteiger partial charge is 0.352 e. The highest BCUT2D eigenvalue weighted by Gasteiger charge is 2.42. The number of hydrogen-bond donors (Lipinski definition) is 3. The van der Waals surface area contributed by atoms with E-state index in [2.05, 4.69) is 10.6 Å². The summed E-state index contributed by atoms with van der Waals surface area (Å²) in [7, 11) is 0. The Hall–Kier alpha value is -1.88. The Kier molecular flexibility index (Phi) is 4.39. The van der Waals surface area contributed by atoms with Crippen LogP contribution < -0.4 is 16.4 Å². The Bertz CT molecular complexity index is 487. The van der Waals surface area contributed by atoms with Gasteiger partial charge in [-0.25, -0.2) is 0 Å². The van der Waals surface area contributed by atoms with Gasteiger partial charge < -0.3 is 16.4 Å². The third-order valence-electron chi connectivity index (χ3n) is 3.91. The van der Waals surface area contributed by atoms with Crippen LogP contribution in [0.15, 0.2) is 24.3 Å². The first-order valence-electron chi connectivity index (χ1n) is 6.91. The van der Waals surface area contributed by atoms with Gasteiger partial charge in [-0.3, -0.25) is 9.59 Å². The number of rotatable bonds is 5. The summed E-state index contributed by atoms with van der Waals surface area (Å²) < 4.78 is 0. The molecule has 1 aliphatic rings. The zero-order valence-electron chi connectivity index (χ0n) is 11.7. The normalized spacial score (nSPS) is 16.1. The average molecular weight is 275 g/mol. The molecule has 2 rings (SSSR count). The topological polar surface area (TPSA) is 84.2 Å². The van der Waals surface area contributed by atoms with Crippen LogP contribution in [0.5, 0.6) is 0 Å². The Morgan fingerprint density at radius 3 is 2.35 bits per heavy atom. The fourth-order valence-corrected chi connectivity index (χ4v) is 2.41. The van der Waals surface area contributed by atoms with Gasteiger partial charge in [-0.15, -0.1) is 0 Å². The first kappa shape index (κ1) is 14.5. The van der Waals surface area contributed by atoms with Crippen LogP contribution in [0.25, 0.3) is 0 Å². The molecular formula is C15H21N3O2. The van der Waals surface area contributed by atoms with E-state index in [1.165, 1.54) is 6.92 Å². The van der Waals surface area contributed by atoms with E-state index in [4.69, 9.17) is 5.73 Å². The number of carbonyl (C=O) groups is 2. The van der Waals surface area contributed by atoms with Gasteiger partial charge in [0.05, 0.1) is 5.41 Å². The molecule has 1 aromatic carbocycles. The van der Waals surface area contributed by atoms with E-state index >= 15 is 0 Å². The first-order valence-corrected chi connectivity index (χ1v) is 6.91. The van der Waals surface area contributed by atoms with E-state index in [9.17, 15) is 9.59 Å². The molecule has 0 spiro atoms. The predicted molar refractivity (Wildman–Crippen MR) is 77.9 cm³/mol. The van der Waals surface area contributed by atoms with Gasteiger partial charge in [-0.1, -0.05) is 18.6 Å². The molecule has 4 N–H and O–H groups in total. The summed E-state index contributed by atoms with van der Waals surface area (Å²) >= 11 is 0. The third-order valence-corrected chi connectivity index (χ3v) is 3.91. The minimum atomic E-state index is -0.337. The zero-order chi connectivity index (χ0) is 14.6. The Labute approximate surface area is 118 Å². The lowest BCUT2D eigenvalue weighted by Crippen LogP contribution is -2.50. The molecular weight excluding hydrogens is 254 g/mol. The molecule has 0 radical (unpaired) electrons. The maximum absolute atomic E-state index is 12.1. The molecule has 0 aromatic heterocycles. The van der Waals surface area contributed by atoms with E-state index in [1.54, 1.807) is 0 Å². The van der Waals surface area contributed by atoms with Crippen molar-refractivity contribution in [3.8, 4) is 0 Å². The molecule has 0 bridgehead atoms. The molecule has 1 saturated carbocycles. The number of hydrogen-bond acceptors (Lipinski definition) is 3. The van der Waals surface area contributed by atoms with Crippen molar-refractivity contribution in [1.29, 1.82) is 0 Å². The number of benzene rings is 1. The van der Waals surface area contributed by atoms with Crippen LogP contribution in [-0.2, 0) is 16.1 Å². The van der Waals surface area contributed by atoms with Crippen molar-refractivity contribution >= 4 is 17.5 Å². The van der Waals surface area contributed by atoms with E-state index in [1.807, 2.05) is 24.3 Å². The molecule has 5 heteroatoms. The SMILES string of the molecule is CC(=O)Nc1ccc(CNC(=O)C2(CN)CCC2)cc1. The fourth-order valence-electron chi connectivity index (χ4n) is 2.41. The van der Waals surface area contributed by atoms with Gasteiger partial charge in [0, 0.05) is 25.7 Å². The summed E-state index contributed by atoms with van der Waals surface area (Å²) in [5.74, 6) is -0.0434. The van der Waals surface area contributed by atoms with Crippen LogP contribution in [0.1, 0.15) is 31.7 Å². The van der Waals surface area contributed by atoms with Gasteiger partial charge in [0.2, 0.25) is 11.8 Å². The second kappa shape index (κ2) is 6.05. The summed E-state index contributed by atoms with van der Waals surface area (Å²) in [5, 5.41) is 5.65. The second-order valence-corrected chi connectivity index (χ2v) is 5.40. The Morgan fingerprint density at radius 2 is 1.90 bits per heavy atom. The summed E-state index contributed by atoms with van der Waals surface area (Å²) in [6.45, 7) is 2.38. The van der Waals surface area contributed by atoms with E-state index in [-0.39, 0.29) is 17.2 Å². The summed E-state index contributed by atoms with van der Waals surface area (Å²) in [6, 6.07) is 7.43. The second-order valence-electron chi connectivity index (χ2n) is 5.40. The van der Waals surface area contributed by atoms with E-state index < -0.39 is 0 Å². The molecule has 0 atom stereocenters. The highest BCUT2D eigenvalue weighted by atomic mass is 16.2. The highest BCUT2D eigenvalue weighted by molar-refractivity contribution is 5.88. The predicted octanol–water partition coefficient (Wildman–Crippen LogP) is 1.39. The molecule has 1 fully saturated rings. The molecule has 108 valence electrons. The zero-order valence-corrected chi connectivity index (χ0v) is 11.7. The van der Waals surface area contributed by atoms with Crippen LogP contribution in [0.4, 0.5) is 5.69 Å². The Morgan fingerprint density at radius 1 is 1.25 bits per heavy atom. The molecule has 0 heterocycles. The smallest absolute Gasteiger partial charge is 0.227 e. The molecule has 1 aromatic rings. The van der Waals surface area contributed by atoms with Crippen molar-refractivity contribution in [3.05, 3.63) is 29.8 Å². The van der Waals surface area contributed by atoms with Crippen LogP contribution >= 0.6 is 0 Å². The number of anilines is 1. The molecule has 0 aliphatic heterocycles. The maximum atomic E-state index is 12.1. The maximum Gasteiger partial charge on any atom is 0.227 e. The number of amides is 2. The van der Waals surface area contributed by atoms with Crippen LogP contribution in [0.2, 0.25) is 0 Å². The molecule has 1 aliphatic carbocycles. The van der Waals surface area contributed by atoms with Gasteiger partial charge >= 0.3 is 0 Å². The van der Waals surface area contributed by atoms with Crippen molar-refractivity contribution in [3.63, 3.8) is 0 Å². The van der Waals surface area contributed by atoms with Gasteiger partial charge in [0.1, 0.15) is 0 Å². The van der Waals surface area contributed by atoms with Crippen molar-refractivity contribution < 1.29 is 9.59 Å². The summed E-state index contributed by atoms with van der Waals surface area (Å²) in [6.07, 6.45) is 2.85. The molecule has 5 nitrogen and oxygen atoms in total. The molecule has 0 unspecified atom stereocenters. The summed E-state index contributed by atoms with van der Waals surface area (Å²) in [4.78, 5) is 23.0. The third kappa shape index (κ3) is 3.17. The standard InChI is InChI=1S/C15H21N3O2/c1-11(19)18-13-5-3-12(4-6-13)9-17-14(20)15(10-16)7-2-8-15/h3-6H,2,7-10,16H2,1H3,(H,17,20)(H,18,19). The molecule has 0 saturated heterocycles. The van der Waals surface area contributed by atoms with Crippen LogP contribution in [0, 0.1) is 5.41 Å². The fraction of sp³-hybridized carbons (Fsp3) is 0.467. The summed E-state index contributed by atoms with van der Waals surface area (Å²) in [5.41, 5.74) is 7.12. The minimum Gasteiger partial charge on any atom is -0.352 e. The van der Waals surface area contributed by atoms with Crippen molar-refractivity contribution in [2.75, 3.05) is 11.9 Å². The van der Waals surface area contributed by atoms with E-state index in [0.29, 0.717) is 13.1 Å². The lowest BCUT2D eigenvalue weighted by Gasteiger charge is -2.39. The Balaban J connectivity index is 1.87. The van der Waals surface area contributed by atoms with Crippen LogP contribution in [0.3, 0.4) is 0 Å². The minimum absolute atomic E-state index is 0.0530. The van der Waals surface area contributed by atoms with Crippen molar-refractivity contribution in [2.24, 2.45) is 11.1 Å². The number of nitrogens with two attached hydrogens (primary N) is 1. The van der Waals surface area contributed by atoms with Crippen molar-refractivity contribution in [1.82, 2.24) is 5.32 Å².